The monoisotopic (exact) mass is 385 g/mol. The van der Waals surface area contributed by atoms with E-state index in [4.69, 9.17) is 4.74 Å². The third kappa shape index (κ3) is 5.78. The minimum absolute atomic E-state index is 0.00908. The van der Waals surface area contributed by atoms with Crippen molar-refractivity contribution < 1.29 is 13.9 Å². The highest BCUT2D eigenvalue weighted by Crippen LogP contribution is 2.22. The second-order valence-electron chi connectivity index (χ2n) is 7.01. The van der Waals surface area contributed by atoms with Crippen LogP contribution in [0.4, 0.5) is 4.39 Å². The van der Waals surface area contributed by atoms with Crippen LogP contribution in [0.3, 0.4) is 0 Å². The van der Waals surface area contributed by atoms with Gasteiger partial charge in [0.1, 0.15) is 11.6 Å². The number of hydrogen-bond donors (Lipinski definition) is 2. The van der Waals surface area contributed by atoms with Crippen molar-refractivity contribution in [1.29, 1.82) is 0 Å². The van der Waals surface area contributed by atoms with E-state index in [0.29, 0.717) is 26.2 Å². The molecule has 0 aliphatic carbocycles. The zero-order valence-corrected chi connectivity index (χ0v) is 16.3. The van der Waals surface area contributed by atoms with Gasteiger partial charge in [-0.15, -0.1) is 0 Å². The Balaban J connectivity index is 1.52. The third-order valence-corrected chi connectivity index (χ3v) is 4.82. The molecule has 150 valence electrons. The summed E-state index contributed by atoms with van der Waals surface area (Å²) in [7, 11) is 0. The summed E-state index contributed by atoms with van der Waals surface area (Å²) in [5.41, 5.74) is 1.92. The largest absolute Gasteiger partial charge is 0.494 e. The summed E-state index contributed by atoms with van der Waals surface area (Å²) in [4.78, 5) is 14.6. The van der Waals surface area contributed by atoms with Crippen LogP contribution in [0, 0.1) is 5.82 Å². The van der Waals surface area contributed by atoms with Crippen LogP contribution in [0.1, 0.15) is 30.5 Å². The van der Waals surface area contributed by atoms with E-state index in [1.807, 2.05) is 30.3 Å². The van der Waals surface area contributed by atoms with Gasteiger partial charge in [0.2, 0.25) is 5.91 Å². The number of nitrogens with zero attached hydrogens (tertiary/aromatic N) is 1. The van der Waals surface area contributed by atoms with Crippen LogP contribution < -0.4 is 15.4 Å². The second kappa shape index (κ2) is 10.2. The van der Waals surface area contributed by atoms with Gasteiger partial charge in [-0.1, -0.05) is 31.2 Å². The van der Waals surface area contributed by atoms with Gasteiger partial charge in [-0.3, -0.25) is 9.69 Å². The number of benzene rings is 2. The number of carbonyl (C=O) groups excluding carboxylic acids is 1. The standard InChI is InChI=1S/C22H28FN3O2/c1-2-12-28-20-8-6-17(7-9-20)14-25-22(27)16-26-11-10-24-15-21(26)18-4-3-5-19(23)13-18/h3-9,13,21,24H,2,10-12,14-16H2,1H3,(H,25,27). The summed E-state index contributed by atoms with van der Waals surface area (Å²) >= 11 is 0. The molecular weight excluding hydrogens is 357 g/mol. The molecule has 0 saturated carbocycles. The van der Waals surface area contributed by atoms with Crippen LogP contribution in [0.2, 0.25) is 0 Å². The topological polar surface area (TPSA) is 53.6 Å². The predicted molar refractivity (Wildman–Crippen MR) is 108 cm³/mol. The van der Waals surface area contributed by atoms with Gasteiger partial charge in [-0.05, 0) is 41.8 Å². The number of piperazine rings is 1. The Hall–Kier alpha value is -2.44. The van der Waals surface area contributed by atoms with Crippen molar-refractivity contribution >= 4 is 5.91 Å². The molecule has 6 heteroatoms. The maximum Gasteiger partial charge on any atom is 0.234 e. The normalized spacial score (nSPS) is 17.3. The van der Waals surface area contributed by atoms with E-state index >= 15 is 0 Å². The summed E-state index contributed by atoms with van der Waals surface area (Å²) in [6, 6.07) is 14.4. The highest BCUT2D eigenvalue weighted by atomic mass is 19.1. The molecule has 28 heavy (non-hydrogen) atoms. The van der Waals surface area contributed by atoms with E-state index in [-0.39, 0.29) is 17.8 Å². The van der Waals surface area contributed by atoms with E-state index in [1.165, 1.54) is 6.07 Å². The molecule has 0 radical (unpaired) electrons. The lowest BCUT2D eigenvalue weighted by Crippen LogP contribution is -2.49. The Bertz CT molecular complexity index is 767. The molecule has 0 spiro atoms. The summed E-state index contributed by atoms with van der Waals surface area (Å²) in [5.74, 6) is 0.559. The van der Waals surface area contributed by atoms with Crippen LogP contribution in [-0.2, 0) is 11.3 Å². The van der Waals surface area contributed by atoms with Gasteiger partial charge in [0, 0.05) is 32.2 Å². The number of carbonyl (C=O) groups is 1. The predicted octanol–water partition coefficient (Wildman–Crippen LogP) is 2.88. The summed E-state index contributed by atoms with van der Waals surface area (Å²) in [5, 5.41) is 6.30. The first-order valence-electron chi connectivity index (χ1n) is 9.84. The van der Waals surface area contributed by atoms with Crippen LogP contribution in [-0.4, -0.2) is 43.6 Å². The van der Waals surface area contributed by atoms with Gasteiger partial charge in [0.15, 0.2) is 0 Å². The molecular formula is C22H28FN3O2. The van der Waals surface area contributed by atoms with Gasteiger partial charge in [-0.2, -0.15) is 0 Å². The summed E-state index contributed by atoms with van der Waals surface area (Å²) < 4.78 is 19.2. The molecule has 1 atom stereocenters. The minimum atomic E-state index is -0.251. The molecule has 0 aromatic heterocycles. The van der Waals surface area contributed by atoms with Crippen LogP contribution in [0.25, 0.3) is 0 Å². The first-order chi connectivity index (χ1) is 13.7. The van der Waals surface area contributed by atoms with Gasteiger partial charge in [-0.25, -0.2) is 4.39 Å². The Kier molecular flexibility index (Phi) is 7.39. The SMILES string of the molecule is CCCOc1ccc(CNC(=O)CN2CCNCC2c2cccc(F)c2)cc1. The molecule has 2 N–H and O–H groups in total. The van der Waals surface area contributed by atoms with Gasteiger partial charge in [0.05, 0.1) is 13.2 Å². The number of halogens is 1. The second-order valence-corrected chi connectivity index (χ2v) is 7.01. The maximum absolute atomic E-state index is 13.6. The number of amides is 1. The fraction of sp³-hybridized carbons (Fsp3) is 0.409. The van der Waals surface area contributed by atoms with Crippen LogP contribution in [0.15, 0.2) is 48.5 Å². The summed E-state index contributed by atoms with van der Waals surface area (Å²) in [6.45, 7) is 5.81. The highest BCUT2D eigenvalue weighted by molar-refractivity contribution is 5.78. The smallest absolute Gasteiger partial charge is 0.234 e. The molecule has 1 amide bonds. The van der Waals surface area contributed by atoms with Crippen molar-refractivity contribution in [3.63, 3.8) is 0 Å². The van der Waals surface area contributed by atoms with Gasteiger partial charge < -0.3 is 15.4 Å². The first-order valence-corrected chi connectivity index (χ1v) is 9.84. The molecule has 0 bridgehead atoms. The van der Waals surface area contributed by atoms with E-state index < -0.39 is 0 Å². The molecule has 1 unspecified atom stereocenters. The quantitative estimate of drug-likeness (QED) is 0.734. The fourth-order valence-electron chi connectivity index (χ4n) is 3.34. The van der Waals surface area contributed by atoms with Crippen molar-refractivity contribution in [2.45, 2.75) is 25.9 Å². The van der Waals surface area contributed by atoms with E-state index in [1.54, 1.807) is 12.1 Å². The minimum Gasteiger partial charge on any atom is -0.494 e. The Morgan fingerprint density at radius 1 is 1.29 bits per heavy atom. The van der Waals surface area contributed by atoms with Gasteiger partial charge in [0.25, 0.3) is 0 Å². The third-order valence-electron chi connectivity index (χ3n) is 4.82. The molecule has 5 nitrogen and oxygen atoms in total. The van der Waals surface area contributed by atoms with Gasteiger partial charge >= 0.3 is 0 Å². The van der Waals surface area contributed by atoms with Crippen LogP contribution in [0.5, 0.6) is 5.75 Å². The lowest BCUT2D eigenvalue weighted by molar-refractivity contribution is -0.123. The lowest BCUT2D eigenvalue weighted by Gasteiger charge is -2.36. The van der Waals surface area contributed by atoms with Crippen molar-refractivity contribution in [3.8, 4) is 5.75 Å². The number of hydrogen-bond acceptors (Lipinski definition) is 4. The lowest BCUT2D eigenvalue weighted by atomic mass is 10.0. The Labute approximate surface area is 165 Å². The molecule has 1 aliphatic rings. The number of nitrogens with one attached hydrogen (secondary N) is 2. The molecule has 1 saturated heterocycles. The zero-order valence-electron chi connectivity index (χ0n) is 16.3. The van der Waals surface area contributed by atoms with E-state index in [0.717, 1.165) is 36.4 Å². The zero-order chi connectivity index (χ0) is 19.8. The molecule has 2 aromatic rings. The van der Waals surface area contributed by atoms with Crippen molar-refractivity contribution in [3.05, 3.63) is 65.5 Å². The summed E-state index contributed by atoms with van der Waals surface area (Å²) in [6.07, 6.45) is 0.973. The fourth-order valence-corrected chi connectivity index (χ4v) is 3.34. The number of rotatable bonds is 8. The number of ether oxygens (including phenoxy) is 1. The first kappa shape index (κ1) is 20.3. The van der Waals surface area contributed by atoms with E-state index in [9.17, 15) is 9.18 Å². The molecule has 3 rings (SSSR count). The average molecular weight is 385 g/mol. The maximum atomic E-state index is 13.6. The molecule has 1 aliphatic heterocycles. The molecule has 1 fully saturated rings. The molecule has 1 heterocycles. The van der Waals surface area contributed by atoms with E-state index in [2.05, 4.69) is 22.5 Å². The Morgan fingerprint density at radius 3 is 2.86 bits per heavy atom. The van der Waals surface area contributed by atoms with Crippen LogP contribution >= 0.6 is 0 Å². The average Bonchev–Trinajstić information content (AvgIpc) is 2.72. The Morgan fingerprint density at radius 2 is 2.11 bits per heavy atom. The van der Waals surface area contributed by atoms with Crippen molar-refractivity contribution in [2.75, 3.05) is 32.8 Å². The van der Waals surface area contributed by atoms with Crippen molar-refractivity contribution in [1.82, 2.24) is 15.5 Å². The highest BCUT2D eigenvalue weighted by Gasteiger charge is 2.25. The molecule has 2 aromatic carbocycles. The van der Waals surface area contributed by atoms with Crippen molar-refractivity contribution in [2.24, 2.45) is 0 Å².